The SMILES string of the molecule is CC(C)C(C)OC(=O)C1CCCC1N. The summed E-state index contributed by atoms with van der Waals surface area (Å²) in [5, 5.41) is 0. The summed E-state index contributed by atoms with van der Waals surface area (Å²) in [7, 11) is 0. The number of hydrogen-bond donors (Lipinski definition) is 1. The largest absolute Gasteiger partial charge is 0.462 e. The molecule has 14 heavy (non-hydrogen) atoms. The third-order valence-corrected chi connectivity index (χ3v) is 3.11. The van der Waals surface area contributed by atoms with Gasteiger partial charge in [-0.15, -0.1) is 0 Å². The molecule has 0 saturated heterocycles. The number of esters is 1. The molecule has 3 heteroatoms. The van der Waals surface area contributed by atoms with Gasteiger partial charge in [-0.25, -0.2) is 0 Å². The first kappa shape index (κ1) is 11.5. The highest BCUT2D eigenvalue weighted by atomic mass is 16.5. The van der Waals surface area contributed by atoms with Crippen molar-refractivity contribution in [3.63, 3.8) is 0 Å². The van der Waals surface area contributed by atoms with Gasteiger partial charge in [-0.2, -0.15) is 0 Å². The van der Waals surface area contributed by atoms with Gasteiger partial charge in [0.05, 0.1) is 5.92 Å². The molecule has 0 aromatic carbocycles. The van der Waals surface area contributed by atoms with E-state index in [9.17, 15) is 4.79 Å². The fourth-order valence-electron chi connectivity index (χ4n) is 1.69. The van der Waals surface area contributed by atoms with E-state index in [0.717, 1.165) is 19.3 Å². The second-order valence-electron chi connectivity index (χ2n) is 4.59. The topological polar surface area (TPSA) is 52.3 Å². The van der Waals surface area contributed by atoms with Crippen molar-refractivity contribution >= 4 is 5.97 Å². The molecule has 0 aromatic rings. The maximum absolute atomic E-state index is 11.7. The van der Waals surface area contributed by atoms with Crippen LogP contribution in [0.15, 0.2) is 0 Å². The molecule has 0 amide bonds. The van der Waals surface area contributed by atoms with Gasteiger partial charge in [-0.3, -0.25) is 4.79 Å². The molecule has 0 aliphatic heterocycles. The minimum Gasteiger partial charge on any atom is -0.462 e. The minimum absolute atomic E-state index is 0.00435. The van der Waals surface area contributed by atoms with Crippen LogP contribution in [0.4, 0.5) is 0 Å². The van der Waals surface area contributed by atoms with Gasteiger partial charge in [0.1, 0.15) is 6.10 Å². The van der Waals surface area contributed by atoms with Crippen molar-refractivity contribution in [3.8, 4) is 0 Å². The number of carbonyl (C=O) groups is 1. The molecule has 0 aromatic heterocycles. The molecule has 0 bridgehead atoms. The van der Waals surface area contributed by atoms with Crippen LogP contribution in [0, 0.1) is 11.8 Å². The van der Waals surface area contributed by atoms with Gasteiger partial charge in [-0.05, 0) is 25.7 Å². The Kier molecular flexibility index (Phi) is 3.93. The van der Waals surface area contributed by atoms with Crippen LogP contribution < -0.4 is 5.73 Å². The molecule has 1 rings (SSSR count). The lowest BCUT2D eigenvalue weighted by atomic mass is 10.0. The van der Waals surface area contributed by atoms with Gasteiger partial charge in [0, 0.05) is 6.04 Å². The van der Waals surface area contributed by atoms with Gasteiger partial charge in [0.25, 0.3) is 0 Å². The van der Waals surface area contributed by atoms with Crippen LogP contribution in [0.5, 0.6) is 0 Å². The average molecular weight is 199 g/mol. The molecular formula is C11H21NO2. The molecule has 0 radical (unpaired) electrons. The number of hydrogen-bond acceptors (Lipinski definition) is 3. The summed E-state index contributed by atoms with van der Waals surface area (Å²) in [6.45, 7) is 6.03. The third kappa shape index (κ3) is 2.71. The average Bonchev–Trinajstić information content (AvgIpc) is 2.51. The van der Waals surface area contributed by atoms with E-state index in [1.165, 1.54) is 0 Å². The summed E-state index contributed by atoms with van der Waals surface area (Å²) in [5.41, 5.74) is 5.83. The van der Waals surface area contributed by atoms with Gasteiger partial charge in [0.15, 0.2) is 0 Å². The predicted molar refractivity (Wildman–Crippen MR) is 55.7 cm³/mol. The van der Waals surface area contributed by atoms with Crippen molar-refractivity contribution in [2.75, 3.05) is 0 Å². The first-order chi connectivity index (χ1) is 6.52. The van der Waals surface area contributed by atoms with Crippen LogP contribution in [-0.2, 0) is 9.53 Å². The van der Waals surface area contributed by atoms with Crippen LogP contribution in [0.3, 0.4) is 0 Å². The number of carbonyl (C=O) groups excluding carboxylic acids is 1. The summed E-state index contributed by atoms with van der Waals surface area (Å²) >= 11 is 0. The monoisotopic (exact) mass is 199 g/mol. The number of ether oxygens (including phenoxy) is 1. The first-order valence-electron chi connectivity index (χ1n) is 5.48. The van der Waals surface area contributed by atoms with Gasteiger partial charge < -0.3 is 10.5 Å². The summed E-state index contributed by atoms with van der Waals surface area (Å²) < 4.78 is 5.35. The zero-order valence-electron chi connectivity index (χ0n) is 9.32. The second kappa shape index (κ2) is 4.78. The van der Waals surface area contributed by atoms with E-state index in [1.807, 2.05) is 20.8 Å². The van der Waals surface area contributed by atoms with Crippen molar-refractivity contribution in [2.24, 2.45) is 17.6 Å². The van der Waals surface area contributed by atoms with E-state index in [1.54, 1.807) is 0 Å². The molecule has 1 aliphatic rings. The maximum atomic E-state index is 11.7. The Labute approximate surface area is 86.0 Å². The molecule has 82 valence electrons. The van der Waals surface area contributed by atoms with E-state index in [2.05, 4.69) is 0 Å². The molecule has 1 fully saturated rings. The zero-order valence-corrected chi connectivity index (χ0v) is 9.32. The number of rotatable bonds is 3. The van der Waals surface area contributed by atoms with Crippen molar-refractivity contribution < 1.29 is 9.53 Å². The van der Waals surface area contributed by atoms with Gasteiger partial charge in [0.2, 0.25) is 0 Å². The Balaban J connectivity index is 2.41. The second-order valence-corrected chi connectivity index (χ2v) is 4.59. The van der Waals surface area contributed by atoms with Crippen LogP contribution in [0.1, 0.15) is 40.0 Å². The maximum Gasteiger partial charge on any atom is 0.310 e. The fourth-order valence-corrected chi connectivity index (χ4v) is 1.69. The van der Waals surface area contributed by atoms with Gasteiger partial charge >= 0.3 is 5.97 Å². The highest BCUT2D eigenvalue weighted by molar-refractivity contribution is 5.73. The fraction of sp³-hybridized carbons (Fsp3) is 0.909. The van der Waals surface area contributed by atoms with Crippen LogP contribution in [0.2, 0.25) is 0 Å². The smallest absolute Gasteiger partial charge is 0.310 e. The van der Waals surface area contributed by atoms with Crippen molar-refractivity contribution in [1.82, 2.24) is 0 Å². The predicted octanol–water partition coefficient (Wildman–Crippen LogP) is 1.70. The normalized spacial score (nSPS) is 29.2. The lowest BCUT2D eigenvalue weighted by Gasteiger charge is -2.20. The van der Waals surface area contributed by atoms with Gasteiger partial charge in [-0.1, -0.05) is 20.3 Å². The van der Waals surface area contributed by atoms with E-state index < -0.39 is 0 Å². The summed E-state index contributed by atoms with van der Waals surface area (Å²) in [5.74, 6) is 0.212. The quantitative estimate of drug-likeness (QED) is 0.704. The zero-order chi connectivity index (χ0) is 10.7. The van der Waals surface area contributed by atoms with Crippen molar-refractivity contribution in [1.29, 1.82) is 0 Å². The molecule has 2 N–H and O–H groups in total. The molecule has 0 spiro atoms. The summed E-state index contributed by atoms with van der Waals surface area (Å²) in [6, 6.07) is 0.0156. The van der Waals surface area contributed by atoms with E-state index >= 15 is 0 Å². The Morgan fingerprint density at radius 1 is 1.36 bits per heavy atom. The van der Waals surface area contributed by atoms with E-state index in [0.29, 0.717) is 5.92 Å². The molecule has 0 heterocycles. The van der Waals surface area contributed by atoms with Crippen molar-refractivity contribution in [2.45, 2.75) is 52.2 Å². The van der Waals surface area contributed by atoms with E-state index in [-0.39, 0.29) is 24.0 Å². The molecule has 3 nitrogen and oxygen atoms in total. The lowest BCUT2D eigenvalue weighted by Crippen LogP contribution is -2.34. The van der Waals surface area contributed by atoms with E-state index in [4.69, 9.17) is 10.5 Å². The molecule has 1 saturated carbocycles. The number of nitrogens with two attached hydrogens (primary N) is 1. The molecule has 3 unspecified atom stereocenters. The Morgan fingerprint density at radius 2 is 2.00 bits per heavy atom. The van der Waals surface area contributed by atoms with Crippen LogP contribution in [-0.4, -0.2) is 18.1 Å². The lowest BCUT2D eigenvalue weighted by molar-refractivity contribution is -0.155. The molecule has 3 atom stereocenters. The molecular weight excluding hydrogens is 178 g/mol. The van der Waals surface area contributed by atoms with Crippen LogP contribution in [0.25, 0.3) is 0 Å². The summed E-state index contributed by atoms with van der Waals surface area (Å²) in [4.78, 5) is 11.7. The van der Waals surface area contributed by atoms with Crippen LogP contribution >= 0.6 is 0 Å². The Bertz CT molecular complexity index is 203. The van der Waals surface area contributed by atoms with Crippen molar-refractivity contribution in [3.05, 3.63) is 0 Å². The highest BCUT2D eigenvalue weighted by Crippen LogP contribution is 2.25. The summed E-state index contributed by atoms with van der Waals surface area (Å²) in [6.07, 6.45) is 2.90. The Morgan fingerprint density at radius 3 is 2.43 bits per heavy atom. The Hall–Kier alpha value is -0.570. The molecule has 1 aliphatic carbocycles. The third-order valence-electron chi connectivity index (χ3n) is 3.11. The minimum atomic E-state index is -0.101. The highest BCUT2D eigenvalue weighted by Gasteiger charge is 2.32. The first-order valence-corrected chi connectivity index (χ1v) is 5.48. The standard InChI is InChI=1S/C11H21NO2/c1-7(2)8(3)14-11(13)9-5-4-6-10(9)12/h7-10H,4-6,12H2,1-3H3.